The quantitative estimate of drug-likeness (QED) is 0.812. The maximum absolute atomic E-state index is 13.0. The van der Waals surface area contributed by atoms with Gasteiger partial charge in [0.1, 0.15) is 0 Å². The van der Waals surface area contributed by atoms with Crippen molar-refractivity contribution >= 4 is 12.0 Å². The van der Waals surface area contributed by atoms with E-state index in [2.05, 4.69) is 5.32 Å². The van der Waals surface area contributed by atoms with Crippen LogP contribution in [0.1, 0.15) is 29.8 Å². The summed E-state index contributed by atoms with van der Waals surface area (Å²) >= 11 is 0. The lowest BCUT2D eigenvalue weighted by Gasteiger charge is -2.27. The number of likely N-dealkylation sites (N-methyl/N-ethyl adjacent to an activating group) is 1. The molecule has 1 amide bonds. The highest BCUT2D eigenvalue weighted by molar-refractivity contribution is 5.82. The van der Waals surface area contributed by atoms with Crippen LogP contribution in [0.2, 0.25) is 0 Å². The van der Waals surface area contributed by atoms with Crippen molar-refractivity contribution < 1.29 is 9.90 Å². The summed E-state index contributed by atoms with van der Waals surface area (Å²) < 4.78 is 1.81. The largest absolute Gasteiger partial charge is 0.396 e. The fourth-order valence-electron chi connectivity index (χ4n) is 4.99. The zero-order valence-electron chi connectivity index (χ0n) is 16.8. The SMILES string of the molecule is C/C=C\c1ccc2n(c1=O)C[C@@H]1[C@@H](CO)[C@H](C(=O)NCc3ccccc3)N(C)[C@H]21. The minimum Gasteiger partial charge on any atom is -0.396 e. The van der Waals surface area contributed by atoms with Gasteiger partial charge in [0.25, 0.3) is 5.56 Å². The highest BCUT2D eigenvalue weighted by atomic mass is 16.3. The van der Waals surface area contributed by atoms with Gasteiger partial charge in [-0.2, -0.15) is 0 Å². The Hall–Kier alpha value is -2.70. The molecular formula is C23H27N3O3. The first-order chi connectivity index (χ1) is 14.1. The van der Waals surface area contributed by atoms with Gasteiger partial charge in [0.15, 0.2) is 0 Å². The molecule has 0 unspecified atom stereocenters. The number of benzene rings is 1. The van der Waals surface area contributed by atoms with Gasteiger partial charge in [0, 0.05) is 42.8 Å². The van der Waals surface area contributed by atoms with Gasteiger partial charge in [-0.15, -0.1) is 0 Å². The first-order valence-electron chi connectivity index (χ1n) is 10.1. The van der Waals surface area contributed by atoms with Crippen molar-refractivity contribution in [2.75, 3.05) is 13.7 Å². The average molecular weight is 393 g/mol. The molecule has 2 aliphatic heterocycles. The lowest BCUT2D eigenvalue weighted by Crippen LogP contribution is -2.46. The molecule has 29 heavy (non-hydrogen) atoms. The molecule has 3 heterocycles. The summed E-state index contributed by atoms with van der Waals surface area (Å²) in [4.78, 5) is 27.8. The molecule has 1 saturated heterocycles. The van der Waals surface area contributed by atoms with Gasteiger partial charge >= 0.3 is 0 Å². The summed E-state index contributed by atoms with van der Waals surface area (Å²) in [6.07, 6.45) is 3.67. The van der Waals surface area contributed by atoms with E-state index in [0.717, 1.165) is 11.3 Å². The summed E-state index contributed by atoms with van der Waals surface area (Å²) in [6, 6.07) is 13.1. The van der Waals surface area contributed by atoms with Gasteiger partial charge < -0.3 is 15.0 Å². The van der Waals surface area contributed by atoms with Crippen LogP contribution >= 0.6 is 0 Å². The van der Waals surface area contributed by atoms with Crippen LogP contribution in [0.4, 0.5) is 0 Å². The summed E-state index contributed by atoms with van der Waals surface area (Å²) in [6.45, 7) is 2.79. The van der Waals surface area contributed by atoms with Crippen molar-refractivity contribution in [2.24, 2.45) is 11.8 Å². The van der Waals surface area contributed by atoms with E-state index >= 15 is 0 Å². The predicted molar refractivity (Wildman–Crippen MR) is 112 cm³/mol. The zero-order chi connectivity index (χ0) is 20.5. The maximum Gasteiger partial charge on any atom is 0.258 e. The van der Waals surface area contributed by atoms with Crippen molar-refractivity contribution in [3.05, 3.63) is 75.7 Å². The van der Waals surface area contributed by atoms with Crippen LogP contribution in [-0.2, 0) is 17.9 Å². The Morgan fingerprint density at radius 3 is 2.69 bits per heavy atom. The second-order valence-corrected chi connectivity index (χ2v) is 7.90. The number of likely N-dealkylation sites (tertiary alicyclic amines) is 1. The normalized spacial score (nSPS) is 25.9. The van der Waals surface area contributed by atoms with E-state index in [0.29, 0.717) is 18.7 Å². The van der Waals surface area contributed by atoms with Crippen molar-refractivity contribution in [1.29, 1.82) is 0 Å². The smallest absolute Gasteiger partial charge is 0.258 e. The fraction of sp³-hybridized carbons (Fsp3) is 0.391. The molecule has 0 spiro atoms. The molecule has 4 atom stereocenters. The van der Waals surface area contributed by atoms with Gasteiger partial charge in [-0.3, -0.25) is 14.5 Å². The molecule has 1 aromatic carbocycles. The molecule has 0 saturated carbocycles. The number of carbonyl (C=O) groups excluding carboxylic acids is 1. The van der Waals surface area contributed by atoms with Crippen molar-refractivity contribution in [3.63, 3.8) is 0 Å². The first kappa shape index (κ1) is 19.6. The van der Waals surface area contributed by atoms with E-state index in [4.69, 9.17) is 0 Å². The second kappa shape index (κ2) is 7.97. The third-order valence-corrected chi connectivity index (χ3v) is 6.31. The van der Waals surface area contributed by atoms with E-state index in [1.807, 2.05) is 78.1 Å². The first-order valence-corrected chi connectivity index (χ1v) is 10.1. The van der Waals surface area contributed by atoms with Crippen LogP contribution < -0.4 is 10.9 Å². The molecule has 1 fully saturated rings. The number of aliphatic hydroxyl groups is 1. The van der Waals surface area contributed by atoms with Gasteiger partial charge in [-0.1, -0.05) is 42.5 Å². The summed E-state index contributed by atoms with van der Waals surface area (Å²) in [5, 5.41) is 13.1. The molecule has 6 heteroatoms. The van der Waals surface area contributed by atoms with Crippen molar-refractivity contribution in [3.8, 4) is 0 Å². The monoisotopic (exact) mass is 393 g/mol. The Bertz CT molecular complexity index is 983. The Labute approximate surface area is 170 Å². The summed E-state index contributed by atoms with van der Waals surface area (Å²) in [5.74, 6) is -0.263. The minimum absolute atomic E-state index is 0.00910. The molecular weight excluding hydrogens is 366 g/mol. The van der Waals surface area contributed by atoms with Crippen LogP contribution in [-0.4, -0.2) is 40.2 Å². The highest BCUT2D eigenvalue weighted by Crippen LogP contribution is 2.48. The molecule has 1 aromatic heterocycles. The zero-order valence-corrected chi connectivity index (χ0v) is 16.8. The molecule has 0 aliphatic carbocycles. The third-order valence-electron chi connectivity index (χ3n) is 6.31. The van der Waals surface area contributed by atoms with E-state index in [-0.39, 0.29) is 36.0 Å². The minimum atomic E-state index is -0.419. The number of fused-ring (bicyclic) bond motifs is 3. The van der Waals surface area contributed by atoms with E-state index in [1.165, 1.54) is 0 Å². The van der Waals surface area contributed by atoms with Gasteiger partial charge in [0.05, 0.1) is 12.1 Å². The lowest BCUT2D eigenvalue weighted by atomic mass is 9.88. The van der Waals surface area contributed by atoms with Gasteiger partial charge in [0.2, 0.25) is 5.91 Å². The molecule has 6 nitrogen and oxygen atoms in total. The second-order valence-electron chi connectivity index (χ2n) is 7.90. The molecule has 2 aromatic rings. The predicted octanol–water partition coefficient (Wildman–Crippen LogP) is 1.79. The molecule has 152 valence electrons. The highest BCUT2D eigenvalue weighted by Gasteiger charge is 2.54. The number of nitrogens with zero attached hydrogens (tertiary/aromatic N) is 2. The number of hydrogen-bond acceptors (Lipinski definition) is 4. The molecule has 4 rings (SSSR count). The number of pyridine rings is 1. The van der Waals surface area contributed by atoms with Gasteiger partial charge in [-0.25, -0.2) is 0 Å². The summed E-state index contributed by atoms with van der Waals surface area (Å²) in [7, 11) is 1.92. The number of nitrogens with one attached hydrogen (secondary N) is 1. The number of rotatable bonds is 5. The molecule has 2 aliphatic rings. The van der Waals surface area contributed by atoms with Crippen LogP contribution in [0.5, 0.6) is 0 Å². The number of aliphatic hydroxyl groups excluding tert-OH is 1. The number of amides is 1. The van der Waals surface area contributed by atoms with Crippen LogP contribution in [0.3, 0.4) is 0 Å². The fourth-order valence-corrected chi connectivity index (χ4v) is 4.99. The molecule has 0 bridgehead atoms. The Balaban J connectivity index is 1.58. The Morgan fingerprint density at radius 1 is 1.24 bits per heavy atom. The number of allylic oxidation sites excluding steroid dienone is 1. The Kier molecular flexibility index (Phi) is 5.39. The third kappa shape index (κ3) is 3.32. The number of hydrogen-bond donors (Lipinski definition) is 2. The van der Waals surface area contributed by atoms with E-state index in [9.17, 15) is 14.7 Å². The van der Waals surface area contributed by atoms with Crippen molar-refractivity contribution in [1.82, 2.24) is 14.8 Å². The van der Waals surface area contributed by atoms with E-state index in [1.54, 1.807) is 0 Å². The topological polar surface area (TPSA) is 74.6 Å². The van der Waals surface area contributed by atoms with Crippen molar-refractivity contribution in [2.45, 2.75) is 32.1 Å². The lowest BCUT2D eigenvalue weighted by molar-refractivity contribution is -0.127. The van der Waals surface area contributed by atoms with Crippen LogP contribution in [0.15, 0.2) is 53.3 Å². The average Bonchev–Trinajstić information content (AvgIpc) is 3.24. The summed E-state index contributed by atoms with van der Waals surface area (Å²) in [5.41, 5.74) is 2.62. The Morgan fingerprint density at radius 2 is 2.00 bits per heavy atom. The number of aromatic nitrogens is 1. The molecule has 2 N–H and O–H groups in total. The number of carbonyl (C=O) groups is 1. The van der Waals surface area contributed by atoms with Gasteiger partial charge in [-0.05, 0) is 31.7 Å². The van der Waals surface area contributed by atoms with Crippen LogP contribution in [0.25, 0.3) is 6.08 Å². The van der Waals surface area contributed by atoms with Crippen LogP contribution in [0, 0.1) is 11.8 Å². The molecule has 0 radical (unpaired) electrons. The maximum atomic E-state index is 13.0. The van der Waals surface area contributed by atoms with E-state index < -0.39 is 6.04 Å². The standard InChI is InChI=1S/C23H27N3O3/c1-3-7-16-10-11-19-20-17(13-26(19)23(16)29)18(14-27)21(25(20)2)22(28)24-12-15-8-5-4-6-9-15/h3-11,17-18,20-21,27H,12-14H2,1-2H3,(H,24,28)/b7-3-/t17-,18-,20+,21-/m1/s1.